The second-order valence-electron chi connectivity index (χ2n) is 3.49. The molecule has 0 unspecified atom stereocenters. The number of hydrogen-bond donors (Lipinski definition) is 2. The molecular weight excluding hydrogens is 349 g/mol. The van der Waals surface area contributed by atoms with Gasteiger partial charge in [0.05, 0.1) is 0 Å². The molecule has 2 rings (SSSR count). The van der Waals surface area contributed by atoms with Gasteiger partial charge in [-0.05, 0) is 47.2 Å². The van der Waals surface area contributed by atoms with Crippen molar-refractivity contribution in [1.29, 1.82) is 0 Å². The van der Waals surface area contributed by atoms with Gasteiger partial charge in [-0.2, -0.15) is 0 Å². The van der Waals surface area contributed by atoms with Crippen molar-refractivity contribution < 1.29 is 4.79 Å². The Kier molecular flexibility index (Phi) is 3.63. The average molecular weight is 359 g/mol. The predicted octanol–water partition coefficient (Wildman–Crippen LogP) is 2.89. The first kappa shape index (κ1) is 12.3. The number of benzene rings is 1. The van der Waals surface area contributed by atoms with Crippen LogP contribution in [0, 0.1) is 10.5 Å². The van der Waals surface area contributed by atoms with E-state index >= 15 is 0 Å². The van der Waals surface area contributed by atoms with Gasteiger partial charge in [-0.25, -0.2) is 4.98 Å². The minimum Gasteiger partial charge on any atom is -0.375 e. The molecule has 2 aromatic rings. The lowest BCUT2D eigenvalue weighted by molar-refractivity contribution is 0.102. The second kappa shape index (κ2) is 5.01. The van der Waals surface area contributed by atoms with Gasteiger partial charge < -0.3 is 11.1 Å². The quantitative estimate of drug-likeness (QED) is 0.811. The molecule has 1 heterocycles. The van der Waals surface area contributed by atoms with Gasteiger partial charge in [-0.15, -0.1) is 11.3 Å². The maximum atomic E-state index is 11.8. The van der Waals surface area contributed by atoms with E-state index in [2.05, 4.69) is 32.9 Å². The molecule has 0 aliphatic carbocycles. The van der Waals surface area contributed by atoms with Crippen molar-refractivity contribution in [2.24, 2.45) is 0 Å². The molecule has 4 nitrogen and oxygen atoms in total. The number of thiazole rings is 1. The molecule has 0 saturated heterocycles. The Morgan fingerprint density at radius 1 is 1.53 bits per heavy atom. The molecule has 1 aromatic heterocycles. The zero-order valence-electron chi connectivity index (χ0n) is 9.03. The third-order valence-electron chi connectivity index (χ3n) is 2.18. The van der Waals surface area contributed by atoms with E-state index in [1.165, 1.54) is 16.9 Å². The van der Waals surface area contributed by atoms with Crippen LogP contribution in [0.25, 0.3) is 0 Å². The number of rotatable bonds is 2. The molecule has 0 aliphatic rings. The monoisotopic (exact) mass is 359 g/mol. The van der Waals surface area contributed by atoms with Gasteiger partial charge in [-0.1, -0.05) is 6.07 Å². The highest BCUT2D eigenvalue weighted by atomic mass is 127. The number of aromatic nitrogens is 1. The number of halogens is 1. The minimum absolute atomic E-state index is 0.238. The minimum atomic E-state index is -0.238. The molecule has 0 spiro atoms. The summed E-state index contributed by atoms with van der Waals surface area (Å²) < 4.78 is 1.11. The van der Waals surface area contributed by atoms with Crippen LogP contribution in [0.2, 0.25) is 0 Å². The van der Waals surface area contributed by atoms with E-state index in [1.54, 1.807) is 5.38 Å². The van der Waals surface area contributed by atoms with Gasteiger partial charge in [-0.3, -0.25) is 4.79 Å². The molecule has 0 saturated carbocycles. The van der Waals surface area contributed by atoms with Crippen LogP contribution in [0.3, 0.4) is 0 Å². The number of carbonyl (C=O) groups is 1. The Hall–Kier alpha value is -1.15. The topological polar surface area (TPSA) is 68.0 Å². The van der Waals surface area contributed by atoms with E-state index in [0.29, 0.717) is 10.8 Å². The molecule has 0 fully saturated rings. The molecule has 1 amide bonds. The largest absolute Gasteiger partial charge is 0.375 e. The van der Waals surface area contributed by atoms with E-state index in [4.69, 9.17) is 5.73 Å². The van der Waals surface area contributed by atoms with Crippen LogP contribution in [-0.4, -0.2) is 10.9 Å². The third-order valence-corrected chi connectivity index (χ3v) is 4.02. The second-order valence-corrected chi connectivity index (χ2v) is 5.54. The summed E-state index contributed by atoms with van der Waals surface area (Å²) in [6, 6.07) is 5.75. The van der Waals surface area contributed by atoms with Crippen molar-refractivity contribution >= 4 is 50.7 Å². The number of carbonyl (C=O) groups excluding carboxylic acids is 1. The van der Waals surface area contributed by atoms with Crippen molar-refractivity contribution in [3.63, 3.8) is 0 Å². The molecule has 6 heteroatoms. The number of nitrogens with one attached hydrogen (secondary N) is 1. The fourth-order valence-corrected chi connectivity index (χ4v) is 2.32. The number of aryl methyl sites for hydroxylation is 1. The summed E-state index contributed by atoms with van der Waals surface area (Å²) in [6.45, 7) is 2.02. The highest BCUT2D eigenvalue weighted by molar-refractivity contribution is 14.1. The summed E-state index contributed by atoms with van der Waals surface area (Å²) in [5.74, 6) is -0.238. The van der Waals surface area contributed by atoms with E-state index in [9.17, 15) is 4.79 Å². The number of amides is 1. The van der Waals surface area contributed by atoms with Crippen LogP contribution < -0.4 is 11.1 Å². The van der Waals surface area contributed by atoms with E-state index < -0.39 is 0 Å². The van der Waals surface area contributed by atoms with Gasteiger partial charge in [0.1, 0.15) is 5.69 Å². The molecule has 0 bridgehead atoms. The normalized spacial score (nSPS) is 10.2. The Morgan fingerprint density at radius 2 is 2.29 bits per heavy atom. The predicted molar refractivity (Wildman–Crippen MR) is 78.4 cm³/mol. The maximum absolute atomic E-state index is 11.8. The number of nitrogen functional groups attached to an aromatic ring is 1. The van der Waals surface area contributed by atoms with Crippen LogP contribution >= 0.6 is 33.9 Å². The first-order valence-electron chi connectivity index (χ1n) is 4.85. The summed E-state index contributed by atoms with van der Waals surface area (Å²) >= 11 is 3.48. The molecule has 0 aliphatic heterocycles. The van der Waals surface area contributed by atoms with Gasteiger partial charge in [0.15, 0.2) is 5.13 Å². The molecule has 3 N–H and O–H groups in total. The third kappa shape index (κ3) is 2.95. The van der Waals surface area contributed by atoms with Crippen molar-refractivity contribution in [2.75, 3.05) is 11.1 Å². The van der Waals surface area contributed by atoms with E-state index in [0.717, 1.165) is 9.26 Å². The van der Waals surface area contributed by atoms with E-state index in [1.807, 2.05) is 25.1 Å². The van der Waals surface area contributed by atoms with Crippen molar-refractivity contribution in [2.45, 2.75) is 6.92 Å². The Bertz CT molecular complexity index is 568. The van der Waals surface area contributed by atoms with Crippen LogP contribution in [0.5, 0.6) is 0 Å². The number of hydrogen-bond acceptors (Lipinski definition) is 4. The molecule has 1 aromatic carbocycles. The van der Waals surface area contributed by atoms with Gasteiger partial charge in [0.2, 0.25) is 0 Å². The zero-order chi connectivity index (χ0) is 12.4. The molecule has 88 valence electrons. The molecule has 17 heavy (non-hydrogen) atoms. The Balaban J connectivity index is 2.15. The Morgan fingerprint density at radius 3 is 2.88 bits per heavy atom. The number of nitrogens with zero attached hydrogens (tertiary/aromatic N) is 1. The summed E-state index contributed by atoms with van der Waals surface area (Å²) in [6.07, 6.45) is 0. The lowest BCUT2D eigenvalue weighted by Gasteiger charge is -2.05. The SMILES string of the molecule is Cc1ccc(NC(=O)c2csc(N)n2)cc1I. The van der Waals surface area contributed by atoms with Crippen LogP contribution in [0.1, 0.15) is 16.1 Å². The Labute approximate surface area is 116 Å². The van der Waals surface area contributed by atoms with Crippen molar-refractivity contribution in [3.05, 3.63) is 38.4 Å². The first-order chi connectivity index (χ1) is 8.06. The number of anilines is 2. The summed E-state index contributed by atoms with van der Waals surface area (Å²) in [7, 11) is 0. The van der Waals surface area contributed by atoms with Crippen LogP contribution in [0.4, 0.5) is 10.8 Å². The van der Waals surface area contributed by atoms with Gasteiger partial charge >= 0.3 is 0 Å². The van der Waals surface area contributed by atoms with E-state index in [-0.39, 0.29) is 5.91 Å². The highest BCUT2D eigenvalue weighted by Crippen LogP contribution is 2.18. The fraction of sp³-hybridized carbons (Fsp3) is 0.0909. The first-order valence-corrected chi connectivity index (χ1v) is 6.80. The lowest BCUT2D eigenvalue weighted by Crippen LogP contribution is -2.12. The summed E-state index contributed by atoms with van der Waals surface area (Å²) in [5.41, 5.74) is 7.77. The highest BCUT2D eigenvalue weighted by Gasteiger charge is 2.10. The molecule has 0 atom stereocenters. The summed E-state index contributed by atoms with van der Waals surface area (Å²) in [4.78, 5) is 15.7. The van der Waals surface area contributed by atoms with Gasteiger partial charge in [0.25, 0.3) is 5.91 Å². The standard InChI is InChI=1S/C11H10IN3OS/c1-6-2-3-7(4-8(6)12)14-10(16)9-5-17-11(13)15-9/h2-5H,1H3,(H2,13,15)(H,14,16). The lowest BCUT2D eigenvalue weighted by atomic mass is 10.2. The summed E-state index contributed by atoms with van der Waals surface area (Å²) in [5, 5.41) is 4.82. The molecular formula is C11H10IN3OS. The smallest absolute Gasteiger partial charge is 0.275 e. The van der Waals surface area contributed by atoms with Crippen LogP contribution in [0.15, 0.2) is 23.6 Å². The number of nitrogens with two attached hydrogens (primary N) is 1. The maximum Gasteiger partial charge on any atom is 0.275 e. The fourth-order valence-electron chi connectivity index (χ4n) is 1.26. The molecule has 0 radical (unpaired) electrons. The van der Waals surface area contributed by atoms with Gasteiger partial charge in [0, 0.05) is 14.6 Å². The van der Waals surface area contributed by atoms with Crippen LogP contribution in [-0.2, 0) is 0 Å². The van der Waals surface area contributed by atoms with Crippen molar-refractivity contribution in [1.82, 2.24) is 4.98 Å². The average Bonchev–Trinajstić information content (AvgIpc) is 2.70. The zero-order valence-corrected chi connectivity index (χ0v) is 12.0. The van der Waals surface area contributed by atoms with Crippen molar-refractivity contribution in [3.8, 4) is 0 Å².